The fraction of sp³-hybridized carbons (Fsp3) is 0. The quantitative estimate of drug-likeness (QED) is 0.652. The molecule has 0 aliphatic rings. The Bertz CT molecular complexity index is 362. The maximum atomic E-state index is 5.78. The number of rotatable bonds is 0. The van der Waals surface area contributed by atoms with Crippen LogP contribution in [0.4, 0.5) is 0 Å². The van der Waals surface area contributed by atoms with Gasteiger partial charge in [0.2, 0.25) is 0 Å². The molecule has 2 rings (SSSR count). The smallest absolute Gasteiger partial charge is 0.152 e. The molecule has 0 radical (unpaired) electrons. The summed E-state index contributed by atoms with van der Waals surface area (Å²) >= 11 is 9.07. The van der Waals surface area contributed by atoms with E-state index in [-0.39, 0.29) is 0 Å². The SMILES string of the molecule is Clc1ncc(Br)c2occc12. The highest BCUT2D eigenvalue weighted by Gasteiger charge is 2.05. The van der Waals surface area contributed by atoms with Gasteiger partial charge in [0.25, 0.3) is 0 Å². The molecule has 0 bridgehead atoms. The summed E-state index contributed by atoms with van der Waals surface area (Å²) in [7, 11) is 0. The zero-order chi connectivity index (χ0) is 7.84. The first-order chi connectivity index (χ1) is 5.29. The van der Waals surface area contributed by atoms with Gasteiger partial charge in [-0.25, -0.2) is 4.98 Å². The summed E-state index contributed by atoms with van der Waals surface area (Å²) in [5.41, 5.74) is 0.741. The van der Waals surface area contributed by atoms with Crippen LogP contribution in [0.1, 0.15) is 0 Å². The zero-order valence-electron chi connectivity index (χ0n) is 5.34. The van der Waals surface area contributed by atoms with E-state index in [4.69, 9.17) is 16.0 Å². The van der Waals surface area contributed by atoms with E-state index in [0.29, 0.717) is 5.15 Å². The van der Waals surface area contributed by atoms with Gasteiger partial charge < -0.3 is 4.42 Å². The van der Waals surface area contributed by atoms with Crippen molar-refractivity contribution in [1.29, 1.82) is 0 Å². The average Bonchev–Trinajstić information content (AvgIpc) is 2.45. The Morgan fingerprint density at radius 3 is 3.09 bits per heavy atom. The average molecular weight is 232 g/mol. The number of fused-ring (bicyclic) bond motifs is 1. The summed E-state index contributed by atoms with van der Waals surface area (Å²) < 4.78 is 5.98. The molecule has 0 unspecified atom stereocenters. The molecule has 0 aromatic carbocycles. The molecule has 0 aliphatic carbocycles. The van der Waals surface area contributed by atoms with Crippen LogP contribution < -0.4 is 0 Å². The van der Waals surface area contributed by atoms with Crippen LogP contribution in [0.25, 0.3) is 11.0 Å². The molecule has 0 atom stereocenters. The Labute approximate surface area is 76.3 Å². The highest BCUT2D eigenvalue weighted by atomic mass is 79.9. The first-order valence-corrected chi connectivity index (χ1v) is 4.13. The molecular formula is C7H3BrClNO. The van der Waals surface area contributed by atoms with Crippen molar-refractivity contribution in [3.05, 3.63) is 28.2 Å². The predicted molar refractivity (Wildman–Crippen MR) is 46.7 cm³/mol. The van der Waals surface area contributed by atoms with Crippen molar-refractivity contribution in [1.82, 2.24) is 4.98 Å². The molecule has 0 spiro atoms. The van der Waals surface area contributed by atoms with Crippen molar-refractivity contribution in [3.63, 3.8) is 0 Å². The lowest BCUT2D eigenvalue weighted by atomic mass is 10.3. The Kier molecular flexibility index (Phi) is 1.62. The van der Waals surface area contributed by atoms with Crippen LogP contribution in [0.3, 0.4) is 0 Å². The summed E-state index contributed by atoms with van der Waals surface area (Å²) in [6, 6.07) is 1.79. The third kappa shape index (κ3) is 1.04. The van der Waals surface area contributed by atoms with Crippen LogP contribution in [0.15, 0.2) is 27.4 Å². The van der Waals surface area contributed by atoms with Crippen LogP contribution in [0.5, 0.6) is 0 Å². The van der Waals surface area contributed by atoms with Gasteiger partial charge in [0, 0.05) is 6.20 Å². The van der Waals surface area contributed by atoms with Crippen LogP contribution in [0.2, 0.25) is 5.15 Å². The molecule has 2 aromatic rings. The molecule has 2 nitrogen and oxygen atoms in total. The molecule has 0 aliphatic heterocycles. The van der Waals surface area contributed by atoms with Crippen molar-refractivity contribution >= 4 is 38.5 Å². The molecule has 11 heavy (non-hydrogen) atoms. The Morgan fingerprint density at radius 2 is 2.36 bits per heavy atom. The van der Waals surface area contributed by atoms with Gasteiger partial charge in [-0.3, -0.25) is 0 Å². The summed E-state index contributed by atoms with van der Waals surface area (Å²) in [6.45, 7) is 0. The number of furan rings is 1. The lowest BCUT2D eigenvalue weighted by Crippen LogP contribution is -1.75. The number of hydrogen-bond acceptors (Lipinski definition) is 2. The zero-order valence-corrected chi connectivity index (χ0v) is 7.69. The van der Waals surface area contributed by atoms with Crippen molar-refractivity contribution in [3.8, 4) is 0 Å². The number of hydrogen-bond donors (Lipinski definition) is 0. The largest absolute Gasteiger partial charge is 0.463 e. The summed E-state index contributed by atoms with van der Waals surface area (Å²) in [4.78, 5) is 3.94. The van der Waals surface area contributed by atoms with Gasteiger partial charge in [-0.1, -0.05) is 11.6 Å². The van der Waals surface area contributed by atoms with E-state index in [0.717, 1.165) is 15.4 Å². The monoisotopic (exact) mass is 231 g/mol. The standard InChI is InChI=1S/C7H3BrClNO/c8-5-3-10-7(9)4-1-2-11-6(4)5/h1-3H. The van der Waals surface area contributed by atoms with Gasteiger partial charge in [-0.15, -0.1) is 0 Å². The van der Waals surface area contributed by atoms with Crippen LogP contribution in [0, 0.1) is 0 Å². The Hall–Kier alpha value is -0.540. The molecule has 2 heterocycles. The van der Waals surface area contributed by atoms with Gasteiger partial charge in [0.15, 0.2) is 5.58 Å². The van der Waals surface area contributed by atoms with Gasteiger partial charge >= 0.3 is 0 Å². The highest BCUT2D eigenvalue weighted by Crippen LogP contribution is 2.28. The predicted octanol–water partition coefficient (Wildman–Crippen LogP) is 3.24. The van der Waals surface area contributed by atoms with Gasteiger partial charge in [0.05, 0.1) is 16.1 Å². The molecule has 0 saturated carbocycles. The second-order valence-corrected chi connectivity index (χ2v) is 3.27. The van der Waals surface area contributed by atoms with Gasteiger partial charge in [-0.05, 0) is 22.0 Å². The third-order valence-electron chi connectivity index (χ3n) is 1.40. The molecule has 2 aromatic heterocycles. The fourth-order valence-corrected chi connectivity index (χ4v) is 1.51. The maximum Gasteiger partial charge on any atom is 0.152 e. The van der Waals surface area contributed by atoms with Crippen LogP contribution in [-0.2, 0) is 0 Å². The Morgan fingerprint density at radius 1 is 1.55 bits per heavy atom. The van der Waals surface area contributed by atoms with E-state index in [1.165, 1.54) is 0 Å². The molecule has 0 fully saturated rings. The number of halogens is 2. The van der Waals surface area contributed by atoms with Crippen molar-refractivity contribution in [2.75, 3.05) is 0 Å². The van der Waals surface area contributed by atoms with E-state index in [1.54, 1.807) is 18.5 Å². The Balaban J connectivity index is 2.96. The van der Waals surface area contributed by atoms with Gasteiger partial charge in [0.1, 0.15) is 5.15 Å². The normalized spacial score (nSPS) is 10.7. The van der Waals surface area contributed by atoms with E-state index in [9.17, 15) is 0 Å². The van der Waals surface area contributed by atoms with E-state index >= 15 is 0 Å². The molecule has 4 heteroatoms. The minimum atomic E-state index is 0.469. The van der Waals surface area contributed by atoms with Crippen LogP contribution in [-0.4, -0.2) is 4.98 Å². The van der Waals surface area contributed by atoms with E-state index in [2.05, 4.69) is 20.9 Å². The minimum absolute atomic E-state index is 0.469. The molecule has 0 N–H and O–H groups in total. The molecule has 56 valence electrons. The minimum Gasteiger partial charge on any atom is -0.463 e. The number of nitrogens with zero attached hydrogens (tertiary/aromatic N) is 1. The number of aromatic nitrogens is 1. The van der Waals surface area contributed by atoms with E-state index < -0.39 is 0 Å². The highest BCUT2D eigenvalue weighted by molar-refractivity contribution is 9.10. The third-order valence-corrected chi connectivity index (χ3v) is 2.26. The lowest BCUT2D eigenvalue weighted by molar-refractivity contribution is 0.613. The fourth-order valence-electron chi connectivity index (χ4n) is 0.898. The first-order valence-electron chi connectivity index (χ1n) is 2.96. The first kappa shape index (κ1) is 7.13. The molecule has 0 saturated heterocycles. The molecule has 0 amide bonds. The maximum absolute atomic E-state index is 5.78. The summed E-state index contributed by atoms with van der Waals surface area (Å²) in [5, 5.41) is 1.30. The second-order valence-electron chi connectivity index (χ2n) is 2.06. The van der Waals surface area contributed by atoms with Crippen molar-refractivity contribution < 1.29 is 4.42 Å². The van der Waals surface area contributed by atoms with Gasteiger partial charge in [-0.2, -0.15) is 0 Å². The number of pyridine rings is 1. The van der Waals surface area contributed by atoms with E-state index in [1.807, 2.05) is 0 Å². The second kappa shape index (κ2) is 2.50. The lowest BCUT2D eigenvalue weighted by Gasteiger charge is -1.92. The topological polar surface area (TPSA) is 26.0 Å². The van der Waals surface area contributed by atoms with Crippen molar-refractivity contribution in [2.24, 2.45) is 0 Å². The van der Waals surface area contributed by atoms with Crippen molar-refractivity contribution in [2.45, 2.75) is 0 Å². The van der Waals surface area contributed by atoms with Crippen LogP contribution >= 0.6 is 27.5 Å². The molecular weight excluding hydrogens is 229 g/mol. The summed E-state index contributed by atoms with van der Waals surface area (Å²) in [5.74, 6) is 0. The summed E-state index contributed by atoms with van der Waals surface area (Å²) in [6.07, 6.45) is 3.21.